The van der Waals surface area contributed by atoms with Crippen molar-refractivity contribution in [3.05, 3.63) is 67.5 Å². The minimum absolute atomic E-state index is 0.0958. The van der Waals surface area contributed by atoms with Crippen molar-refractivity contribution >= 4 is 65.5 Å². The lowest BCUT2D eigenvalue weighted by Gasteiger charge is -2.24. The summed E-state index contributed by atoms with van der Waals surface area (Å²) < 4.78 is 7.51. The standard InChI is InChI=1S/C19H17Br3N2O5/c1-10(2-7-16(25)24-28)18(14-8-12(21)9-15(22)17(14)26)29-19(27)23-13-5-3-11(20)4-6-13/h2-10,18,26,28H,1H3,(H,23,27)(H,24,25)/b7-2+/t10-,18-/m1/s1. The van der Waals surface area contributed by atoms with Gasteiger partial charge >= 0.3 is 6.09 Å². The van der Waals surface area contributed by atoms with E-state index in [1.165, 1.54) is 11.6 Å². The maximum atomic E-state index is 12.5. The van der Waals surface area contributed by atoms with Gasteiger partial charge in [0.15, 0.2) is 0 Å². The van der Waals surface area contributed by atoms with E-state index in [2.05, 4.69) is 53.1 Å². The Balaban J connectivity index is 2.31. The van der Waals surface area contributed by atoms with Crippen molar-refractivity contribution in [2.24, 2.45) is 5.92 Å². The molecular formula is C19H17Br3N2O5. The van der Waals surface area contributed by atoms with Crippen molar-refractivity contribution in [1.29, 1.82) is 0 Å². The van der Waals surface area contributed by atoms with Gasteiger partial charge in [0.2, 0.25) is 0 Å². The fraction of sp³-hybridized carbons (Fsp3) is 0.158. The third kappa shape index (κ3) is 6.84. The summed E-state index contributed by atoms with van der Waals surface area (Å²) in [6.45, 7) is 1.70. The van der Waals surface area contributed by atoms with E-state index < -0.39 is 24.0 Å². The number of rotatable bonds is 6. The summed E-state index contributed by atoms with van der Waals surface area (Å²) in [6, 6.07) is 10.2. The number of phenolic OH excluding ortho intramolecular Hbond substituents is 1. The minimum Gasteiger partial charge on any atom is -0.506 e. The lowest BCUT2D eigenvalue weighted by molar-refractivity contribution is -0.124. The molecule has 0 aliphatic carbocycles. The van der Waals surface area contributed by atoms with Crippen LogP contribution in [0.5, 0.6) is 5.75 Å². The van der Waals surface area contributed by atoms with E-state index in [0.29, 0.717) is 20.2 Å². The van der Waals surface area contributed by atoms with Crippen LogP contribution in [0.25, 0.3) is 0 Å². The van der Waals surface area contributed by atoms with Crippen LogP contribution in [0.1, 0.15) is 18.6 Å². The Morgan fingerprint density at radius 2 is 1.76 bits per heavy atom. The van der Waals surface area contributed by atoms with Crippen molar-refractivity contribution in [1.82, 2.24) is 5.48 Å². The molecule has 4 N–H and O–H groups in total. The number of hydroxylamine groups is 1. The predicted octanol–water partition coefficient (Wildman–Crippen LogP) is 5.67. The molecule has 2 aromatic rings. The van der Waals surface area contributed by atoms with Gasteiger partial charge in [0.05, 0.1) is 4.47 Å². The smallest absolute Gasteiger partial charge is 0.412 e. The number of anilines is 1. The average molecular weight is 593 g/mol. The number of ether oxygens (including phenoxy) is 1. The molecule has 7 nitrogen and oxygen atoms in total. The van der Waals surface area contributed by atoms with Crippen LogP contribution in [0.4, 0.5) is 10.5 Å². The van der Waals surface area contributed by atoms with Crippen molar-refractivity contribution < 1.29 is 24.6 Å². The zero-order valence-corrected chi connectivity index (χ0v) is 19.8. The highest BCUT2D eigenvalue weighted by Crippen LogP contribution is 2.40. The van der Waals surface area contributed by atoms with Gasteiger partial charge in [-0.25, -0.2) is 10.3 Å². The van der Waals surface area contributed by atoms with Gasteiger partial charge in [0, 0.05) is 32.2 Å². The number of hydrogen-bond donors (Lipinski definition) is 4. The van der Waals surface area contributed by atoms with Gasteiger partial charge in [-0.1, -0.05) is 44.9 Å². The van der Waals surface area contributed by atoms with Crippen LogP contribution in [0, 0.1) is 5.92 Å². The molecule has 2 aromatic carbocycles. The molecule has 2 amide bonds. The molecule has 0 bridgehead atoms. The van der Waals surface area contributed by atoms with Gasteiger partial charge in [-0.05, 0) is 52.3 Å². The molecule has 0 saturated carbocycles. The van der Waals surface area contributed by atoms with Crippen LogP contribution in [-0.4, -0.2) is 22.3 Å². The number of halogens is 3. The summed E-state index contributed by atoms with van der Waals surface area (Å²) in [5, 5.41) is 21.7. The summed E-state index contributed by atoms with van der Waals surface area (Å²) in [7, 11) is 0. The van der Waals surface area contributed by atoms with Crippen molar-refractivity contribution in [2.45, 2.75) is 13.0 Å². The number of nitrogens with one attached hydrogen (secondary N) is 2. The second-order valence-electron chi connectivity index (χ2n) is 5.98. The topological polar surface area (TPSA) is 108 Å². The Hall–Kier alpha value is -1.88. The first-order valence-corrected chi connectivity index (χ1v) is 10.6. The molecular weight excluding hydrogens is 576 g/mol. The monoisotopic (exact) mass is 590 g/mol. The van der Waals surface area contributed by atoms with E-state index >= 15 is 0 Å². The van der Waals surface area contributed by atoms with E-state index in [1.54, 1.807) is 43.3 Å². The lowest BCUT2D eigenvalue weighted by atomic mass is 9.96. The minimum atomic E-state index is -0.929. The zero-order valence-electron chi connectivity index (χ0n) is 15.0. The molecule has 154 valence electrons. The number of phenols is 1. The van der Waals surface area contributed by atoms with Gasteiger partial charge in [-0.15, -0.1) is 0 Å². The van der Waals surface area contributed by atoms with E-state index in [4.69, 9.17) is 9.94 Å². The van der Waals surface area contributed by atoms with Crippen LogP contribution in [0.15, 0.2) is 62.0 Å². The van der Waals surface area contributed by atoms with Gasteiger partial charge in [-0.2, -0.15) is 0 Å². The molecule has 0 aliphatic rings. The zero-order chi connectivity index (χ0) is 21.6. The number of carbonyl (C=O) groups is 2. The third-order valence-corrected chi connectivity index (χ3v) is 5.42. The molecule has 0 spiro atoms. The summed E-state index contributed by atoms with van der Waals surface area (Å²) in [5.41, 5.74) is 2.35. The first-order chi connectivity index (χ1) is 13.7. The lowest BCUT2D eigenvalue weighted by Crippen LogP contribution is -2.22. The predicted molar refractivity (Wildman–Crippen MR) is 119 cm³/mol. The van der Waals surface area contributed by atoms with Crippen molar-refractivity contribution in [3.63, 3.8) is 0 Å². The molecule has 0 aromatic heterocycles. The number of benzene rings is 2. The molecule has 10 heteroatoms. The maximum absolute atomic E-state index is 12.5. The van der Waals surface area contributed by atoms with E-state index in [9.17, 15) is 14.7 Å². The fourth-order valence-electron chi connectivity index (χ4n) is 2.43. The SMILES string of the molecule is C[C@H](/C=C/C(=O)NO)[C@@H](OC(=O)Nc1ccc(Br)cc1)c1cc(Br)cc(Br)c1O. The molecule has 0 saturated heterocycles. The highest BCUT2D eigenvalue weighted by atomic mass is 79.9. The van der Waals surface area contributed by atoms with Crippen LogP contribution < -0.4 is 10.8 Å². The van der Waals surface area contributed by atoms with Crippen molar-refractivity contribution in [2.75, 3.05) is 5.32 Å². The Morgan fingerprint density at radius 1 is 1.10 bits per heavy atom. The first-order valence-electron chi connectivity index (χ1n) is 8.24. The molecule has 29 heavy (non-hydrogen) atoms. The molecule has 0 aliphatic heterocycles. The molecule has 0 heterocycles. The number of amides is 2. The van der Waals surface area contributed by atoms with Gasteiger partial charge in [-0.3, -0.25) is 15.3 Å². The second kappa shape index (κ2) is 10.8. The first kappa shape index (κ1) is 23.4. The normalized spacial score (nSPS) is 13.0. The second-order valence-corrected chi connectivity index (χ2v) is 8.66. The van der Waals surface area contributed by atoms with Crippen LogP contribution in [0.2, 0.25) is 0 Å². The molecule has 0 fully saturated rings. The van der Waals surface area contributed by atoms with Crippen LogP contribution in [0.3, 0.4) is 0 Å². The van der Waals surface area contributed by atoms with E-state index in [0.717, 1.165) is 10.5 Å². The Labute approximate surface area is 192 Å². The Bertz CT molecular complexity index is 919. The van der Waals surface area contributed by atoms with Crippen molar-refractivity contribution in [3.8, 4) is 5.75 Å². The van der Waals surface area contributed by atoms with Gasteiger partial charge < -0.3 is 9.84 Å². The summed E-state index contributed by atoms with van der Waals surface area (Å²) in [5.74, 6) is -1.34. The third-order valence-electron chi connectivity index (χ3n) is 3.83. The summed E-state index contributed by atoms with van der Waals surface area (Å²) in [6.07, 6.45) is 0.899. The summed E-state index contributed by atoms with van der Waals surface area (Å²) in [4.78, 5) is 23.8. The van der Waals surface area contributed by atoms with Gasteiger partial charge in [0.25, 0.3) is 5.91 Å². The largest absolute Gasteiger partial charge is 0.506 e. The highest BCUT2D eigenvalue weighted by molar-refractivity contribution is 9.11. The van der Waals surface area contributed by atoms with E-state index in [1.807, 2.05) is 0 Å². The fourth-order valence-corrected chi connectivity index (χ4v) is 3.95. The highest BCUT2D eigenvalue weighted by Gasteiger charge is 2.26. The Kier molecular flexibility index (Phi) is 8.69. The Morgan fingerprint density at radius 3 is 2.38 bits per heavy atom. The molecule has 2 rings (SSSR count). The molecule has 2 atom stereocenters. The molecule has 0 unspecified atom stereocenters. The number of hydrogen-bond acceptors (Lipinski definition) is 5. The number of carbonyl (C=O) groups excluding carboxylic acids is 2. The maximum Gasteiger partial charge on any atom is 0.412 e. The van der Waals surface area contributed by atoms with Gasteiger partial charge in [0.1, 0.15) is 11.9 Å². The molecule has 0 radical (unpaired) electrons. The van der Waals surface area contributed by atoms with Crippen LogP contribution >= 0.6 is 47.8 Å². The van der Waals surface area contributed by atoms with Crippen LogP contribution in [-0.2, 0) is 9.53 Å². The average Bonchev–Trinajstić information content (AvgIpc) is 2.68. The number of aromatic hydroxyl groups is 1. The quantitative estimate of drug-likeness (QED) is 0.196. The summed E-state index contributed by atoms with van der Waals surface area (Å²) >= 11 is 9.93. The van der Waals surface area contributed by atoms with E-state index in [-0.39, 0.29) is 5.75 Å².